The molecule has 1 amide bonds. The molecular formula is C21H27ClN6O3S. The van der Waals surface area contributed by atoms with E-state index in [1.54, 1.807) is 10.7 Å². The van der Waals surface area contributed by atoms with Gasteiger partial charge >= 0.3 is 0 Å². The second-order valence-corrected chi connectivity index (χ2v) is 11.4. The minimum atomic E-state index is -3.72. The molecule has 1 N–H and O–H groups in total. The topological polar surface area (TPSA) is 100 Å². The predicted octanol–water partition coefficient (Wildman–Crippen LogP) is 1.98. The quantitative estimate of drug-likeness (QED) is 0.681. The molecule has 2 fully saturated rings. The number of hydrogen-bond acceptors (Lipinski definition) is 6. The van der Waals surface area contributed by atoms with E-state index in [9.17, 15) is 13.2 Å². The zero-order valence-electron chi connectivity index (χ0n) is 18.0. The molecule has 1 aliphatic carbocycles. The van der Waals surface area contributed by atoms with Gasteiger partial charge in [-0.2, -0.15) is 4.31 Å². The van der Waals surface area contributed by atoms with Gasteiger partial charge in [-0.15, -0.1) is 5.10 Å². The number of carbonyl (C=O) groups excluding carboxylic acids is 1. The number of nitrogens with zero attached hydrogens (tertiary/aromatic N) is 5. The van der Waals surface area contributed by atoms with Crippen molar-refractivity contribution in [3.63, 3.8) is 0 Å². The number of aromatic nitrogens is 3. The fraction of sp³-hybridized carbons (Fsp3) is 0.571. The van der Waals surface area contributed by atoms with Gasteiger partial charge in [0, 0.05) is 38.3 Å². The minimum Gasteiger partial charge on any atom is -0.324 e. The highest BCUT2D eigenvalue weighted by Crippen LogP contribution is 2.42. The van der Waals surface area contributed by atoms with Crippen molar-refractivity contribution in [2.45, 2.75) is 43.7 Å². The third-order valence-corrected chi connectivity index (χ3v) is 9.02. The molecular weight excluding hydrogens is 452 g/mol. The predicted molar refractivity (Wildman–Crippen MR) is 120 cm³/mol. The molecule has 5 rings (SSSR count). The molecule has 1 saturated carbocycles. The number of hydrogen-bond donors (Lipinski definition) is 1. The van der Waals surface area contributed by atoms with Crippen LogP contribution in [0.3, 0.4) is 0 Å². The van der Waals surface area contributed by atoms with Gasteiger partial charge in [-0.25, -0.2) is 13.1 Å². The highest BCUT2D eigenvalue weighted by atomic mass is 35.5. The molecule has 9 nitrogen and oxygen atoms in total. The second kappa shape index (κ2) is 8.40. The fourth-order valence-electron chi connectivity index (χ4n) is 4.70. The van der Waals surface area contributed by atoms with Gasteiger partial charge in [-0.1, -0.05) is 16.8 Å². The molecule has 1 saturated heterocycles. The zero-order chi connectivity index (χ0) is 22.5. The molecule has 0 radical (unpaired) electrons. The minimum absolute atomic E-state index is 0.0198. The van der Waals surface area contributed by atoms with Crippen molar-refractivity contribution in [3.05, 3.63) is 34.6 Å². The Bertz CT molecular complexity index is 1150. The lowest BCUT2D eigenvalue weighted by atomic mass is 10.0. The molecule has 1 aromatic carbocycles. The average molecular weight is 479 g/mol. The largest absolute Gasteiger partial charge is 0.324 e. The third kappa shape index (κ3) is 4.28. The summed E-state index contributed by atoms with van der Waals surface area (Å²) in [5.74, 6) is 0.816. The first-order chi connectivity index (χ1) is 15.3. The molecule has 0 spiro atoms. The van der Waals surface area contributed by atoms with E-state index < -0.39 is 10.0 Å². The van der Waals surface area contributed by atoms with Gasteiger partial charge in [0.1, 0.15) is 11.4 Å². The Morgan fingerprint density at radius 3 is 2.81 bits per heavy atom. The van der Waals surface area contributed by atoms with Crippen LogP contribution >= 0.6 is 11.6 Å². The molecule has 3 aliphatic rings. The van der Waals surface area contributed by atoms with Gasteiger partial charge in [0.15, 0.2) is 0 Å². The van der Waals surface area contributed by atoms with E-state index in [-0.39, 0.29) is 22.4 Å². The van der Waals surface area contributed by atoms with Crippen molar-refractivity contribution >= 4 is 33.2 Å². The van der Waals surface area contributed by atoms with Gasteiger partial charge in [-0.3, -0.25) is 4.79 Å². The van der Waals surface area contributed by atoms with Crippen LogP contribution in [0.25, 0.3) is 0 Å². The molecule has 1 aromatic heterocycles. The van der Waals surface area contributed by atoms with Crippen molar-refractivity contribution < 1.29 is 13.2 Å². The SMILES string of the molecule is CN1CCc2c(nnn2CC(=O)Nc2ccc(Cl)c(S(=O)(=O)N3CCC(C4CC4)C3)c2)C1. The first kappa shape index (κ1) is 21.8. The molecule has 172 valence electrons. The van der Waals surface area contributed by atoms with E-state index in [1.165, 1.54) is 29.3 Å². The summed E-state index contributed by atoms with van der Waals surface area (Å²) >= 11 is 6.27. The smallest absolute Gasteiger partial charge is 0.246 e. The van der Waals surface area contributed by atoms with Crippen molar-refractivity contribution in [1.82, 2.24) is 24.2 Å². The third-order valence-electron chi connectivity index (χ3n) is 6.67. The van der Waals surface area contributed by atoms with Crippen LogP contribution < -0.4 is 5.32 Å². The number of rotatable bonds is 6. The van der Waals surface area contributed by atoms with Crippen LogP contribution in [0.5, 0.6) is 0 Å². The summed E-state index contributed by atoms with van der Waals surface area (Å²) in [4.78, 5) is 14.8. The van der Waals surface area contributed by atoms with Crippen LogP contribution in [0, 0.1) is 11.8 Å². The molecule has 1 atom stereocenters. The van der Waals surface area contributed by atoms with Crippen molar-refractivity contribution in [1.29, 1.82) is 0 Å². The van der Waals surface area contributed by atoms with E-state index in [0.29, 0.717) is 37.2 Å². The van der Waals surface area contributed by atoms with Crippen molar-refractivity contribution in [2.75, 3.05) is 32.0 Å². The van der Waals surface area contributed by atoms with Gasteiger partial charge in [-0.05, 0) is 56.3 Å². The number of nitrogens with one attached hydrogen (secondary N) is 1. The molecule has 11 heteroatoms. The number of anilines is 1. The molecule has 3 heterocycles. The summed E-state index contributed by atoms with van der Waals surface area (Å²) < 4.78 is 29.6. The van der Waals surface area contributed by atoms with Crippen LogP contribution in [-0.4, -0.2) is 65.2 Å². The summed E-state index contributed by atoms with van der Waals surface area (Å²) in [6.07, 6.45) is 4.09. The summed E-state index contributed by atoms with van der Waals surface area (Å²) in [7, 11) is -1.69. The fourth-order valence-corrected chi connectivity index (χ4v) is 6.71. The Labute approximate surface area is 192 Å². The maximum Gasteiger partial charge on any atom is 0.246 e. The van der Waals surface area contributed by atoms with Gasteiger partial charge in [0.05, 0.1) is 16.4 Å². The number of carbonyl (C=O) groups is 1. The Balaban J connectivity index is 1.29. The molecule has 32 heavy (non-hydrogen) atoms. The first-order valence-electron chi connectivity index (χ1n) is 11.0. The number of halogens is 1. The number of likely N-dealkylation sites (N-methyl/N-ethyl adjacent to an activating group) is 1. The maximum absolute atomic E-state index is 13.2. The average Bonchev–Trinajstić information content (AvgIpc) is 3.34. The van der Waals surface area contributed by atoms with Gasteiger partial charge in [0.25, 0.3) is 0 Å². The Morgan fingerprint density at radius 2 is 2.03 bits per heavy atom. The van der Waals surface area contributed by atoms with E-state index >= 15 is 0 Å². The van der Waals surface area contributed by atoms with Crippen LogP contribution in [0.15, 0.2) is 23.1 Å². The number of sulfonamides is 1. The number of amides is 1. The lowest BCUT2D eigenvalue weighted by Crippen LogP contribution is -2.30. The van der Waals surface area contributed by atoms with E-state index in [4.69, 9.17) is 11.6 Å². The van der Waals surface area contributed by atoms with Crippen LogP contribution in [-0.2, 0) is 34.3 Å². The normalized spacial score (nSPS) is 22.1. The lowest BCUT2D eigenvalue weighted by Gasteiger charge is -2.21. The van der Waals surface area contributed by atoms with Crippen molar-refractivity contribution in [3.8, 4) is 0 Å². The van der Waals surface area contributed by atoms with Crippen molar-refractivity contribution in [2.24, 2.45) is 11.8 Å². The van der Waals surface area contributed by atoms with Gasteiger partial charge in [0.2, 0.25) is 15.9 Å². The summed E-state index contributed by atoms with van der Waals surface area (Å²) in [6, 6.07) is 4.58. The summed E-state index contributed by atoms with van der Waals surface area (Å²) in [5.41, 5.74) is 2.25. The van der Waals surface area contributed by atoms with Crippen LogP contribution in [0.4, 0.5) is 5.69 Å². The van der Waals surface area contributed by atoms with Crippen LogP contribution in [0.1, 0.15) is 30.7 Å². The Morgan fingerprint density at radius 1 is 1.22 bits per heavy atom. The van der Waals surface area contributed by atoms with Gasteiger partial charge < -0.3 is 10.2 Å². The summed E-state index contributed by atoms with van der Waals surface area (Å²) in [5, 5.41) is 11.2. The van der Waals surface area contributed by atoms with Crippen LogP contribution in [0.2, 0.25) is 5.02 Å². The molecule has 0 bridgehead atoms. The second-order valence-electron chi connectivity index (χ2n) is 9.07. The Kier molecular flexibility index (Phi) is 5.73. The Hall–Kier alpha value is -2.01. The monoisotopic (exact) mass is 478 g/mol. The number of fused-ring (bicyclic) bond motifs is 1. The lowest BCUT2D eigenvalue weighted by molar-refractivity contribution is -0.117. The van der Waals surface area contributed by atoms with E-state index in [2.05, 4.69) is 20.5 Å². The standard InChI is InChI=1S/C21H27ClN6O3S/c1-26-8-7-19-18(12-26)24-25-28(19)13-21(29)23-16-4-5-17(22)20(10-16)32(30,31)27-9-6-15(11-27)14-2-3-14/h4-5,10,14-15H,2-3,6-9,11-13H2,1H3,(H,23,29). The first-order valence-corrected chi connectivity index (χ1v) is 12.8. The highest BCUT2D eigenvalue weighted by Gasteiger charge is 2.40. The summed E-state index contributed by atoms with van der Waals surface area (Å²) in [6.45, 7) is 2.69. The molecule has 2 aromatic rings. The van der Waals surface area contributed by atoms with E-state index in [1.807, 2.05) is 7.05 Å². The molecule has 1 unspecified atom stereocenters. The number of benzene rings is 1. The highest BCUT2D eigenvalue weighted by molar-refractivity contribution is 7.89. The van der Waals surface area contributed by atoms with E-state index in [0.717, 1.165) is 30.8 Å². The zero-order valence-corrected chi connectivity index (χ0v) is 19.6. The maximum atomic E-state index is 13.2. The molecule has 2 aliphatic heterocycles.